The molecule has 0 fully saturated rings. The first-order valence-electron chi connectivity index (χ1n) is 4.00. The topological polar surface area (TPSA) is 61.0 Å². The number of hydrogen-bond acceptors (Lipinski definition) is 3. The molecule has 0 N–H and O–H groups in total. The maximum atomic E-state index is 10.5. The third-order valence-electron chi connectivity index (χ3n) is 1.98. The minimum absolute atomic E-state index is 0.0153. The molecule has 0 spiro atoms. The van der Waals surface area contributed by atoms with Crippen molar-refractivity contribution < 1.29 is 4.92 Å². The summed E-state index contributed by atoms with van der Waals surface area (Å²) in [5.41, 5.74) is 0.574. The second-order valence-corrected chi connectivity index (χ2v) is 3.47. The van der Waals surface area contributed by atoms with E-state index in [1.54, 1.807) is 6.07 Å². The molecule has 15 heavy (non-hydrogen) atoms. The summed E-state index contributed by atoms with van der Waals surface area (Å²) in [5.74, 6) is 0. The molecule has 0 aliphatic rings. The lowest BCUT2D eigenvalue weighted by Crippen LogP contribution is -1.92. The van der Waals surface area contributed by atoms with Crippen molar-refractivity contribution in [1.29, 1.82) is 0 Å². The average molecular weight is 246 g/mol. The number of alkyl halides is 1. The Hall–Kier alpha value is -1.33. The van der Waals surface area contributed by atoms with Crippen molar-refractivity contribution in [2.75, 3.05) is 0 Å². The zero-order valence-corrected chi connectivity index (χ0v) is 8.87. The highest BCUT2D eigenvalue weighted by atomic mass is 35.5. The molecule has 0 amide bonds. The molecule has 0 saturated heterocycles. The number of fused-ring (bicyclic) bond motifs is 1. The van der Waals surface area contributed by atoms with Crippen molar-refractivity contribution in [2.24, 2.45) is 0 Å². The number of halogens is 2. The van der Waals surface area contributed by atoms with E-state index >= 15 is 0 Å². The lowest BCUT2D eigenvalue weighted by Gasteiger charge is -1.93. The van der Waals surface area contributed by atoms with Gasteiger partial charge >= 0.3 is 0 Å². The number of non-ortho nitro benzene ring substituents is 1. The van der Waals surface area contributed by atoms with E-state index in [1.165, 1.54) is 16.8 Å². The van der Waals surface area contributed by atoms with Crippen LogP contribution in [0.1, 0.15) is 0 Å². The van der Waals surface area contributed by atoms with Gasteiger partial charge in [0.1, 0.15) is 11.2 Å². The molecule has 5 nitrogen and oxygen atoms in total. The number of hydrogen-bond donors (Lipinski definition) is 0. The Balaban J connectivity index is 2.70. The van der Waals surface area contributed by atoms with Crippen LogP contribution in [0, 0.1) is 10.1 Å². The van der Waals surface area contributed by atoms with Crippen LogP contribution in [0.3, 0.4) is 0 Å². The van der Waals surface area contributed by atoms with Crippen LogP contribution in [-0.4, -0.2) is 14.7 Å². The van der Waals surface area contributed by atoms with Crippen LogP contribution in [0.4, 0.5) is 5.69 Å². The van der Waals surface area contributed by atoms with Gasteiger partial charge in [0.2, 0.25) is 0 Å². The van der Waals surface area contributed by atoms with Crippen molar-refractivity contribution >= 4 is 39.8 Å². The third-order valence-corrected chi connectivity index (χ3v) is 2.61. The minimum atomic E-state index is -0.478. The Bertz CT molecular complexity index is 538. The normalized spacial score (nSPS) is 10.8. The SMILES string of the molecule is O=[N+]([O-])c1ccc2nn(CCl)c(Cl)c2c1. The van der Waals surface area contributed by atoms with Crippen molar-refractivity contribution in [1.82, 2.24) is 9.78 Å². The van der Waals surface area contributed by atoms with Gasteiger partial charge in [-0.05, 0) is 6.07 Å². The smallest absolute Gasteiger partial charge is 0.258 e. The molecule has 1 heterocycles. The highest BCUT2D eigenvalue weighted by Crippen LogP contribution is 2.27. The fourth-order valence-corrected chi connectivity index (χ4v) is 1.77. The standard InChI is InChI=1S/C8H5Cl2N3O2/c9-4-12-8(10)6-3-5(13(14)15)1-2-7(6)11-12/h1-3H,4H2. The summed E-state index contributed by atoms with van der Waals surface area (Å²) in [5, 5.41) is 15.4. The number of nitrogens with zero attached hydrogens (tertiary/aromatic N) is 3. The van der Waals surface area contributed by atoms with Crippen LogP contribution in [-0.2, 0) is 6.00 Å². The van der Waals surface area contributed by atoms with Gasteiger partial charge in [0.25, 0.3) is 5.69 Å². The van der Waals surface area contributed by atoms with Gasteiger partial charge in [-0.15, -0.1) is 11.6 Å². The molecule has 0 unspecified atom stereocenters. The van der Waals surface area contributed by atoms with Crippen molar-refractivity contribution in [3.8, 4) is 0 Å². The van der Waals surface area contributed by atoms with Crippen LogP contribution < -0.4 is 0 Å². The summed E-state index contributed by atoms with van der Waals surface area (Å²) in [6.07, 6.45) is 0. The van der Waals surface area contributed by atoms with Crippen molar-refractivity contribution in [3.05, 3.63) is 33.5 Å². The Morgan fingerprint density at radius 2 is 2.27 bits per heavy atom. The summed E-state index contributed by atoms with van der Waals surface area (Å²) in [4.78, 5) is 10.1. The number of nitro groups is 1. The predicted octanol–water partition coefficient (Wildman–Crippen LogP) is 2.79. The zero-order chi connectivity index (χ0) is 11.0. The van der Waals surface area contributed by atoms with E-state index in [-0.39, 0.29) is 11.7 Å². The Morgan fingerprint density at radius 1 is 1.53 bits per heavy atom. The molecule has 0 radical (unpaired) electrons. The van der Waals surface area contributed by atoms with Crippen LogP contribution in [0.2, 0.25) is 5.15 Å². The molecular formula is C8H5Cl2N3O2. The van der Waals surface area contributed by atoms with Crippen molar-refractivity contribution in [2.45, 2.75) is 6.00 Å². The second kappa shape index (κ2) is 3.67. The summed E-state index contributed by atoms with van der Waals surface area (Å²) >= 11 is 11.5. The fourth-order valence-electron chi connectivity index (χ4n) is 1.28. The molecule has 0 aliphatic carbocycles. The molecule has 2 rings (SSSR count). The van der Waals surface area contributed by atoms with Crippen LogP contribution in [0.5, 0.6) is 0 Å². The van der Waals surface area contributed by atoms with E-state index in [1.807, 2.05) is 0 Å². The maximum absolute atomic E-state index is 10.5. The quantitative estimate of drug-likeness (QED) is 0.465. The number of rotatable bonds is 2. The largest absolute Gasteiger partial charge is 0.270 e. The summed E-state index contributed by atoms with van der Waals surface area (Å²) in [7, 11) is 0. The molecular weight excluding hydrogens is 241 g/mol. The van der Waals surface area contributed by atoms with E-state index in [0.29, 0.717) is 16.1 Å². The first-order chi connectivity index (χ1) is 7.13. The van der Waals surface area contributed by atoms with E-state index in [9.17, 15) is 10.1 Å². The van der Waals surface area contributed by atoms with E-state index in [4.69, 9.17) is 23.2 Å². The van der Waals surface area contributed by atoms with E-state index in [2.05, 4.69) is 5.10 Å². The van der Waals surface area contributed by atoms with E-state index in [0.717, 1.165) is 0 Å². The highest BCUT2D eigenvalue weighted by molar-refractivity contribution is 6.34. The molecule has 0 atom stereocenters. The van der Waals surface area contributed by atoms with Gasteiger partial charge in [0.05, 0.1) is 10.4 Å². The summed E-state index contributed by atoms with van der Waals surface area (Å²) in [6.45, 7) is 0. The van der Waals surface area contributed by atoms with Crippen LogP contribution in [0.15, 0.2) is 18.2 Å². The molecule has 2 aromatic rings. The maximum Gasteiger partial charge on any atom is 0.270 e. The average Bonchev–Trinajstić information content (AvgIpc) is 2.55. The van der Waals surface area contributed by atoms with Gasteiger partial charge in [-0.25, -0.2) is 4.68 Å². The molecule has 1 aromatic heterocycles. The van der Waals surface area contributed by atoms with Gasteiger partial charge in [-0.2, -0.15) is 5.10 Å². The summed E-state index contributed by atoms with van der Waals surface area (Å²) in [6, 6.07) is 4.42. The molecule has 7 heteroatoms. The highest BCUT2D eigenvalue weighted by Gasteiger charge is 2.13. The molecule has 1 aromatic carbocycles. The first kappa shape index (κ1) is 10.2. The summed E-state index contributed by atoms with van der Waals surface area (Å²) < 4.78 is 1.37. The Morgan fingerprint density at radius 3 is 2.87 bits per heavy atom. The van der Waals surface area contributed by atoms with Gasteiger partial charge < -0.3 is 0 Å². The predicted molar refractivity (Wildman–Crippen MR) is 57.3 cm³/mol. The Kier molecular flexibility index (Phi) is 2.50. The monoisotopic (exact) mass is 245 g/mol. The first-order valence-corrected chi connectivity index (χ1v) is 4.91. The fraction of sp³-hybridized carbons (Fsp3) is 0.125. The van der Waals surface area contributed by atoms with E-state index < -0.39 is 4.92 Å². The lowest BCUT2D eigenvalue weighted by molar-refractivity contribution is -0.384. The van der Waals surface area contributed by atoms with Crippen LogP contribution >= 0.6 is 23.2 Å². The second-order valence-electron chi connectivity index (χ2n) is 2.87. The van der Waals surface area contributed by atoms with Gasteiger partial charge in [0.15, 0.2) is 0 Å². The van der Waals surface area contributed by atoms with Gasteiger partial charge in [-0.1, -0.05) is 11.6 Å². The molecule has 0 saturated carbocycles. The van der Waals surface area contributed by atoms with Gasteiger partial charge in [-0.3, -0.25) is 10.1 Å². The van der Waals surface area contributed by atoms with Crippen molar-refractivity contribution in [3.63, 3.8) is 0 Å². The lowest BCUT2D eigenvalue weighted by atomic mass is 10.2. The zero-order valence-electron chi connectivity index (χ0n) is 7.35. The molecule has 0 bridgehead atoms. The molecule has 78 valence electrons. The van der Waals surface area contributed by atoms with Gasteiger partial charge in [0, 0.05) is 17.5 Å². The third kappa shape index (κ3) is 1.64. The number of aromatic nitrogens is 2. The number of benzene rings is 1. The minimum Gasteiger partial charge on any atom is -0.258 e. The van der Waals surface area contributed by atoms with Crippen LogP contribution in [0.25, 0.3) is 10.9 Å². The molecule has 0 aliphatic heterocycles. The number of nitro benzene ring substituents is 1. The Labute approximate surface area is 94.3 Å².